The van der Waals surface area contributed by atoms with Gasteiger partial charge >= 0.3 is 11.8 Å². The monoisotopic (exact) mass is 592 g/mol. The van der Waals surface area contributed by atoms with Crippen LogP contribution in [0.2, 0.25) is 5.02 Å². The fraction of sp³-hybridized carbons (Fsp3) is 0.367. The van der Waals surface area contributed by atoms with Crippen molar-refractivity contribution in [2.75, 3.05) is 24.2 Å². The van der Waals surface area contributed by atoms with Crippen molar-refractivity contribution in [1.29, 1.82) is 0 Å². The molecule has 2 atom stereocenters. The SMILES string of the molecule is CSc1ccccc1-c1nc2c(cc1Cl)c(N1C[C@@H](C)N(C(=O)O)C[C@@H]1C)nc(=O)n2-c1c(C)ccnc1C(C)C. The summed E-state index contributed by atoms with van der Waals surface area (Å²) in [7, 11) is 0. The Kier molecular flexibility index (Phi) is 7.98. The van der Waals surface area contributed by atoms with Crippen LogP contribution in [0.4, 0.5) is 10.6 Å². The summed E-state index contributed by atoms with van der Waals surface area (Å²) in [6, 6.07) is 11.1. The molecule has 0 radical (unpaired) electrons. The largest absolute Gasteiger partial charge is 0.465 e. The van der Waals surface area contributed by atoms with Crippen LogP contribution in [-0.4, -0.2) is 67.0 Å². The summed E-state index contributed by atoms with van der Waals surface area (Å²) in [5.74, 6) is 0.484. The summed E-state index contributed by atoms with van der Waals surface area (Å²) in [5, 5.41) is 10.7. The van der Waals surface area contributed by atoms with Gasteiger partial charge in [-0.15, -0.1) is 11.8 Å². The second kappa shape index (κ2) is 11.3. The average Bonchev–Trinajstić information content (AvgIpc) is 2.93. The van der Waals surface area contributed by atoms with Crippen LogP contribution in [0.5, 0.6) is 0 Å². The highest BCUT2D eigenvalue weighted by Crippen LogP contribution is 2.38. The maximum absolute atomic E-state index is 14.1. The van der Waals surface area contributed by atoms with Crippen LogP contribution in [0.3, 0.4) is 0 Å². The Morgan fingerprint density at radius 2 is 1.85 bits per heavy atom. The highest BCUT2D eigenvalue weighted by atomic mass is 35.5. The number of nitrogens with zero attached hydrogens (tertiary/aromatic N) is 6. The second-order valence-electron chi connectivity index (χ2n) is 10.7. The topological polar surface area (TPSA) is 104 Å². The van der Waals surface area contributed by atoms with Crippen molar-refractivity contribution >= 4 is 46.3 Å². The summed E-state index contributed by atoms with van der Waals surface area (Å²) in [5.41, 5.74) is 3.68. The number of fused-ring (bicyclic) bond motifs is 1. The summed E-state index contributed by atoms with van der Waals surface area (Å²) in [4.78, 5) is 44.6. The molecule has 1 aliphatic heterocycles. The lowest BCUT2D eigenvalue weighted by molar-refractivity contribution is 0.114. The molecule has 0 spiro atoms. The van der Waals surface area contributed by atoms with Crippen LogP contribution in [0, 0.1) is 6.92 Å². The van der Waals surface area contributed by atoms with Crippen LogP contribution in [-0.2, 0) is 0 Å². The van der Waals surface area contributed by atoms with E-state index in [2.05, 4.69) is 9.97 Å². The number of carboxylic acid groups (broad SMARTS) is 1. The predicted molar refractivity (Wildman–Crippen MR) is 165 cm³/mol. The van der Waals surface area contributed by atoms with E-state index in [4.69, 9.17) is 16.6 Å². The lowest BCUT2D eigenvalue weighted by atomic mass is 10.0. The molecule has 0 aliphatic carbocycles. The number of anilines is 1. The van der Waals surface area contributed by atoms with E-state index in [1.807, 2.05) is 82.2 Å². The Balaban J connectivity index is 1.85. The average molecular weight is 593 g/mol. The smallest absolute Gasteiger partial charge is 0.407 e. The number of benzene rings is 1. The lowest BCUT2D eigenvalue weighted by Crippen LogP contribution is -2.58. The van der Waals surface area contributed by atoms with Gasteiger partial charge in [0.05, 0.1) is 27.5 Å². The van der Waals surface area contributed by atoms with Gasteiger partial charge in [0.2, 0.25) is 0 Å². The van der Waals surface area contributed by atoms with Gasteiger partial charge in [-0.3, -0.25) is 4.98 Å². The molecule has 41 heavy (non-hydrogen) atoms. The zero-order valence-electron chi connectivity index (χ0n) is 23.9. The van der Waals surface area contributed by atoms with Gasteiger partial charge in [0.25, 0.3) is 0 Å². The molecule has 3 aromatic heterocycles. The van der Waals surface area contributed by atoms with E-state index in [9.17, 15) is 14.7 Å². The molecule has 0 unspecified atom stereocenters. The number of halogens is 1. The van der Waals surface area contributed by atoms with Crippen molar-refractivity contribution in [3.05, 3.63) is 69.4 Å². The van der Waals surface area contributed by atoms with Crippen molar-refractivity contribution < 1.29 is 9.90 Å². The highest BCUT2D eigenvalue weighted by Gasteiger charge is 2.34. The van der Waals surface area contributed by atoms with Gasteiger partial charge in [-0.05, 0) is 56.7 Å². The number of hydrogen-bond acceptors (Lipinski definition) is 7. The molecule has 1 aliphatic rings. The molecule has 1 N–H and O–H groups in total. The van der Waals surface area contributed by atoms with Crippen LogP contribution >= 0.6 is 23.4 Å². The summed E-state index contributed by atoms with van der Waals surface area (Å²) in [6.07, 6.45) is 2.78. The van der Waals surface area contributed by atoms with E-state index in [0.717, 1.165) is 21.7 Å². The van der Waals surface area contributed by atoms with Crippen LogP contribution in [0.15, 0.2) is 52.3 Å². The van der Waals surface area contributed by atoms with Gasteiger partial charge in [-0.1, -0.05) is 43.6 Å². The number of hydrogen-bond donors (Lipinski definition) is 1. The highest BCUT2D eigenvalue weighted by molar-refractivity contribution is 7.98. The van der Waals surface area contributed by atoms with E-state index in [0.29, 0.717) is 39.8 Å². The number of amides is 1. The first-order valence-electron chi connectivity index (χ1n) is 13.5. The first kappa shape index (κ1) is 28.9. The first-order chi connectivity index (χ1) is 19.5. The zero-order chi connectivity index (χ0) is 29.6. The minimum absolute atomic E-state index is 0.0421. The molecule has 11 heteroatoms. The number of aryl methyl sites for hydroxylation is 1. The maximum Gasteiger partial charge on any atom is 0.407 e. The van der Waals surface area contributed by atoms with E-state index in [-0.39, 0.29) is 24.5 Å². The van der Waals surface area contributed by atoms with Crippen molar-refractivity contribution in [1.82, 2.24) is 24.4 Å². The van der Waals surface area contributed by atoms with E-state index in [1.54, 1.807) is 22.5 Å². The minimum atomic E-state index is -0.965. The molecule has 214 valence electrons. The van der Waals surface area contributed by atoms with Crippen LogP contribution in [0.25, 0.3) is 28.0 Å². The molecule has 1 fully saturated rings. The molecule has 4 heterocycles. The summed E-state index contributed by atoms with van der Waals surface area (Å²) >= 11 is 8.55. The second-order valence-corrected chi connectivity index (χ2v) is 12.0. The van der Waals surface area contributed by atoms with Crippen molar-refractivity contribution in [2.45, 2.75) is 57.5 Å². The number of aromatic nitrogens is 4. The molecule has 0 saturated carbocycles. The molecular formula is C30H33ClN6O3S. The standard InChI is InChI=1S/C30H33ClN6O3S/c1-16(2)24-26(17(3)11-12-32-24)37-28-21(13-22(31)25(33-28)20-9-7-8-10-23(20)41-6)27(34-29(37)38)35-14-19(5)36(30(39)40)15-18(35)4/h7-13,16,18-19H,14-15H2,1-6H3,(H,39,40)/t18-,19+/m0/s1. The Morgan fingerprint density at radius 3 is 2.54 bits per heavy atom. The third-order valence-electron chi connectivity index (χ3n) is 7.59. The van der Waals surface area contributed by atoms with E-state index >= 15 is 0 Å². The van der Waals surface area contributed by atoms with Gasteiger partial charge in [0, 0.05) is 41.8 Å². The molecule has 1 aromatic carbocycles. The number of thioether (sulfide) groups is 1. The normalized spacial score (nSPS) is 17.5. The molecule has 0 bridgehead atoms. The van der Waals surface area contributed by atoms with Gasteiger partial charge < -0.3 is 14.9 Å². The van der Waals surface area contributed by atoms with Gasteiger partial charge in [-0.25, -0.2) is 19.1 Å². The van der Waals surface area contributed by atoms with Crippen molar-refractivity contribution in [2.24, 2.45) is 0 Å². The third-order valence-corrected chi connectivity index (χ3v) is 8.68. The number of rotatable bonds is 5. The van der Waals surface area contributed by atoms with Crippen LogP contribution < -0.4 is 10.6 Å². The quantitative estimate of drug-likeness (QED) is 0.272. The Bertz CT molecular complexity index is 1710. The van der Waals surface area contributed by atoms with Crippen LogP contribution in [0.1, 0.15) is 44.9 Å². The van der Waals surface area contributed by atoms with Gasteiger partial charge in [0.15, 0.2) is 5.65 Å². The first-order valence-corrected chi connectivity index (χ1v) is 15.1. The Labute approximate surface area is 248 Å². The fourth-order valence-electron chi connectivity index (χ4n) is 5.53. The third kappa shape index (κ3) is 5.15. The van der Waals surface area contributed by atoms with Gasteiger partial charge in [-0.2, -0.15) is 4.98 Å². The van der Waals surface area contributed by atoms with Crippen molar-refractivity contribution in [3.63, 3.8) is 0 Å². The molecule has 1 amide bonds. The summed E-state index contributed by atoms with van der Waals surface area (Å²) in [6.45, 7) is 10.5. The lowest BCUT2D eigenvalue weighted by Gasteiger charge is -2.43. The molecule has 5 rings (SSSR count). The maximum atomic E-state index is 14.1. The Morgan fingerprint density at radius 1 is 1.12 bits per heavy atom. The molecule has 4 aromatic rings. The van der Waals surface area contributed by atoms with Gasteiger partial charge in [0.1, 0.15) is 5.82 Å². The number of piperazine rings is 1. The number of carbonyl (C=O) groups is 1. The minimum Gasteiger partial charge on any atom is -0.465 e. The Hall–Kier alpha value is -3.63. The molecule has 9 nitrogen and oxygen atoms in total. The van der Waals surface area contributed by atoms with E-state index < -0.39 is 11.8 Å². The molecular weight excluding hydrogens is 560 g/mol. The predicted octanol–water partition coefficient (Wildman–Crippen LogP) is 6.23. The van der Waals surface area contributed by atoms with E-state index in [1.165, 1.54) is 4.90 Å². The molecule has 1 saturated heterocycles. The summed E-state index contributed by atoms with van der Waals surface area (Å²) < 4.78 is 1.56. The zero-order valence-corrected chi connectivity index (χ0v) is 25.5. The number of pyridine rings is 2. The fourth-order valence-corrected chi connectivity index (χ4v) is 6.38. The van der Waals surface area contributed by atoms with Crippen molar-refractivity contribution in [3.8, 4) is 16.9 Å².